The highest BCUT2D eigenvalue weighted by Gasteiger charge is 2.04. The molecule has 0 saturated heterocycles. The van der Waals surface area contributed by atoms with Gasteiger partial charge >= 0.3 is 11.7 Å². The number of nitrogens with two attached hydrogens (primary N) is 1. The molecule has 0 amide bonds. The van der Waals surface area contributed by atoms with Gasteiger partial charge in [-0.15, -0.1) is 0 Å². The van der Waals surface area contributed by atoms with Crippen LogP contribution in [0.25, 0.3) is 0 Å². The van der Waals surface area contributed by atoms with E-state index in [-0.39, 0.29) is 18.8 Å². The number of anilines is 1. The highest BCUT2D eigenvalue weighted by Crippen LogP contribution is 1.94. The Balaban J connectivity index is 3.03. The lowest BCUT2D eigenvalue weighted by Crippen LogP contribution is -2.31. The molecule has 0 saturated carbocycles. The van der Waals surface area contributed by atoms with Crippen molar-refractivity contribution >= 4 is 11.8 Å². The van der Waals surface area contributed by atoms with Gasteiger partial charge in [0.15, 0.2) is 0 Å². The summed E-state index contributed by atoms with van der Waals surface area (Å²) in [4.78, 5) is 34.1. The minimum atomic E-state index is -1.04. The molecule has 1 aromatic heterocycles. The largest absolute Gasteiger partial charge is 0.481 e. The van der Waals surface area contributed by atoms with Crippen LogP contribution in [0.2, 0.25) is 0 Å². The Morgan fingerprint density at radius 2 is 2.21 bits per heavy atom. The Kier molecular flexibility index (Phi) is 2.70. The first kappa shape index (κ1) is 10.0. The van der Waals surface area contributed by atoms with Crippen LogP contribution in [-0.4, -0.2) is 20.6 Å². The number of aromatic nitrogens is 2. The third kappa shape index (κ3) is 2.22. The topological polar surface area (TPSA) is 118 Å². The molecule has 0 unspecified atom stereocenters. The van der Waals surface area contributed by atoms with Crippen molar-refractivity contribution in [2.75, 3.05) is 5.73 Å². The number of nitrogens with zero attached hydrogens (tertiary/aromatic N) is 1. The summed E-state index contributed by atoms with van der Waals surface area (Å²) in [6.45, 7) is -0.0587. The van der Waals surface area contributed by atoms with Crippen molar-refractivity contribution in [3.63, 3.8) is 0 Å². The standard InChI is InChI=1S/C7H9N3O4/c8-4-3-5(11)9-7(14)10(4)2-1-6(12)13/h3H,1-2,8H2,(H,12,13)(H,9,11,14). The molecule has 0 radical (unpaired) electrons. The van der Waals surface area contributed by atoms with E-state index in [1.807, 2.05) is 4.98 Å². The van der Waals surface area contributed by atoms with Gasteiger partial charge in [0.25, 0.3) is 5.56 Å². The Labute approximate surface area is 77.8 Å². The molecule has 0 bridgehead atoms. The second-order valence-corrected chi connectivity index (χ2v) is 2.66. The van der Waals surface area contributed by atoms with Crippen molar-refractivity contribution in [2.24, 2.45) is 0 Å². The van der Waals surface area contributed by atoms with Crippen LogP contribution in [0, 0.1) is 0 Å². The number of nitrogen functional groups attached to an aromatic ring is 1. The Morgan fingerprint density at radius 3 is 2.71 bits per heavy atom. The number of aromatic amines is 1. The van der Waals surface area contributed by atoms with E-state index >= 15 is 0 Å². The molecule has 14 heavy (non-hydrogen) atoms. The molecule has 0 aromatic carbocycles. The van der Waals surface area contributed by atoms with Gasteiger partial charge in [0.1, 0.15) is 5.82 Å². The van der Waals surface area contributed by atoms with E-state index < -0.39 is 17.2 Å². The minimum Gasteiger partial charge on any atom is -0.481 e. The maximum atomic E-state index is 11.1. The van der Waals surface area contributed by atoms with Crippen molar-refractivity contribution in [1.29, 1.82) is 0 Å². The molecular weight excluding hydrogens is 190 g/mol. The average Bonchev–Trinajstić information content (AvgIpc) is 2.01. The molecule has 0 aliphatic heterocycles. The molecule has 1 heterocycles. The van der Waals surface area contributed by atoms with Crippen molar-refractivity contribution in [1.82, 2.24) is 9.55 Å². The van der Waals surface area contributed by atoms with Crippen molar-refractivity contribution in [3.05, 3.63) is 26.9 Å². The number of carboxylic acids is 1. The summed E-state index contributed by atoms with van der Waals surface area (Å²) in [5, 5.41) is 8.38. The number of nitrogens with one attached hydrogen (secondary N) is 1. The first-order chi connectivity index (χ1) is 6.50. The molecular formula is C7H9N3O4. The average molecular weight is 199 g/mol. The summed E-state index contributed by atoms with van der Waals surface area (Å²) in [6.07, 6.45) is -0.226. The highest BCUT2D eigenvalue weighted by atomic mass is 16.4. The number of carbonyl (C=O) groups is 1. The molecule has 1 rings (SSSR count). The predicted molar refractivity (Wildman–Crippen MR) is 48.0 cm³/mol. The van der Waals surface area contributed by atoms with Gasteiger partial charge < -0.3 is 10.8 Å². The number of H-pyrrole nitrogens is 1. The zero-order chi connectivity index (χ0) is 10.7. The van der Waals surface area contributed by atoms with E-state index in [9.17, 15) is 14.4 Å². The molecule has 0 aliphatic carbocycles. The van der Waals surface area contributed by atoms with Crippen LogP contribution in [0.3, 0.4) is 0 Å². The normalized spacial score (nSPS) is 10.0. The SMILES string of the molecule is Nc1cc(=O)[nH]c(=O)n1CCC(=O)O. The molecule has 1 aromatic rings. The van der Waals surface area contributed by atoms with E-state index in [0.717, 1.165) is 10.6 Å². The third-order valence-corrected chi connectivity index (χ3v) is 1.62. The van der Waals surface area contributed by atoms with Crippen molar-refractivity contribution < 1.29 is 9.90 Å². The number of carboxylic acid groups (broad SMARTS) is 1. The first-order valence-corrected chi connectivity index (χ1v) is 3.82. The fraction of sp³-hybridized carbons (Fsp3) is 0.286. The summed E-state index contributed by atoms with van der Waals surface area (Å²) >= 11 is 0. The molecule has 76 valence electrons. The minimum absolute atomic E-state index is 0.0417. The second kappa shape index (κ2) is 3.77. The monoisotopic (exact) mass is 199 g/mol. The van der Waals surface area contributed by atoms with Crippen LogP contribution < -0.4 is 17.0 Å². The smallest absolute Gasteiger partial charge is 0.329 e. The predicted octanol–water partition coefficient (Wildman–Crippen LogP) is -1.41. The van der Waals surface area contributed by atoms with Crippen LogP contribution >= 0.6 is 0 Å². The molecule has 0 atom stereocenters. The molecule has 0 aliphatic rings. The zero-order valence-electron chi connectivity index (χ0n) is 7.19. The highest BCUT2D eigenvalue weighted by molar-refractivity contribution is 5.66. The maximum Gasteiger partial charge on any atom is 0.329 e. The van der Waals surface area contributed by atoms with Gasteiger partial charge in [0.05, 0.1) is 6.42 Å². The lowest BCUT2D eigenvalue weighted by atomic mass is 10.4. The van der Waals surface area contributed by atoms with E-state index in [0.29, 0.717) is 0 Å². The summed E-state index contributed by atoms with van der Waals surface area (Å²) in [7, 11) is 0. The van der Waals surface area contributed by atoms with Crippen molar-refractivity contribution in [2.45, 2.75) is 13.0 Å². The lowest BCUT2D eigenvalue weighted by molar-refractivity contribution is -0.137. The Morgan fingerprint density at radius 1 is 1.57 bits per heavy atom. The van der Waals surface area contributed by atoms with Crippen LogP contribution in [0.4, 0.5) is 5.82 Å². The number of rotatable bonds is 3. The Hall–Kier alpha value is -2.05. The van der Waals surface area contributed by atoms with E-state index in [4.69, 9.17) is 10.8 Å². The van der Waals surface area contributed by atoms with Crippen LogP contribution in [0.5, 0.6) is 0 Å². The van der Waals surface area contributed by atoms with Gasteiger partial charge in [-0.3, -0.25) is 19.1 Å². The fourth-order valence-corrected chi connectivity index (χ4v) is 0.977. The van der Waals surface area contributed by atoms with Crippen LogP contribution in [0.1, 0.15) is 6.42 Å². The molecule has 0 spiro atoms. The van der Waals surface area contributed by atoms with Gasteiger partial charge in [0.2, 0.25) is 0 Å². The lowest BCUT2D eigenvalue weighted by Gasteiger charge is -2.05. The Bertz CT molecular complexity index is 459. The van der Waals surface area contributed by atoms with Gasteiger partial charge in [0, 0.05) is 12.6 Å². The molecule has 7 nitrogen and oxygen atoms in total. The first-order valence-electron chi connectivity index (χ1n) is 3.82. The zero-order valence-corrected chi connectivity index (χ0v) is 7.19. The van der Waals surface area contributed by atoms with Crippen LogP contribution in [-0.2, 0) is 11.3 Å². The van der Waals surface area contributed by atoms with E-state index in [2.05, 4.69) is 0 Å². The van der Waals surface area contributed by atoms with Gasteiger partial charge in [-0.05, 0) is 0 Å². The summed E-state index contributed by atoms with van der Waals surface area (Å²) in [5.74, 6) is -1.08. The van der Waals surface area contributed by atoms with Gasteiger partial charge in [-0.2, -0.15) is 0 Å². The van der Waals surface area contributed by atoms with Gasteiger partial charge in [-0.25, -0.2) is 4.79 Å². The number of hydrogen-bond acceptors (Lipinski definition) is 4. The summed E-state index contributed by atoms with van der Waals surface area (Å²) in [6, 6.07) is 1.03. The maximum absolute atomic E-state index is 11.1. The molecule has 4 N–H and O–H groups in total. The summed E-state index contributed by atoms with van der Waals surface area (Å²) in [5.41, 5.74) is 4.06. The second-order valence-electron chi connectivity index (χ2n) is 2.66. The third-order valence-electron chi connectivity index (χ3n) is 1.62. The van der Waals surface area contributed by atoms with Crippen molar-refractivity contribution in [3.8, 4) is 0 Å². The summed E-state index contributed by atoms with van der Waals surface area (Å²) < 4.78 is 0.996. The fourth-order valence-electron chi connectivity index (χ4n) is 0.977. The van der Waals surface area contributed by atoms with E-state index in [1.165, 1.54) is 0 Å². The molecule has 7 heteroatoms. The van der Waals surface area contributed by atoms with Gasteiger partial charge in [-0.1, -0.05) is 0 Å². The van der Waals surface area contributed by atoms with Crippen LogP contribution in [0.15, 0.2) is 15.7 Å². The number of aliphatic carboxylic acids is 1. The molecule has 0 fully saturated rings. The number of hydrogen-bond donors (Lipinski definition) is 3. The van der Waals surface area contributed by atoms with E-state index in [1.54, 1.807) is 0 Å². The quantitative estimate of drug-likeness (QED) is 0.552.